The SMILES string of the molecule is Cc1cc(Nc2cc(-c3ccccn3)nc(NC3CCCCC3)n2)ccc1Cl. The molecule has 2 heterocycles. The van der Waals surface area contributed by atoms with Crippen LogP contribution in [0.1, 0.15) is 37.7 Å². The molecule has 0 atom stereocenters. The molecule has 2 N–H and O–H groups in total. The first-order chi connectivity index (χ1) is 13.7. The smallest absolute Gasteiger partial charge is 0.225 e. The Morgan fingerprint density at radius 2 is 1.82 bits per heavy atom. The van der Waals surface area contributed by atoms with Gasteiger partial charge in [0.2, 0.25) is 5.95 Å². The Morgan fingerprint density at radius 3 is 2.57 bits per heavy atom. The van der Waals surface area contributed by atoms with Crippen LogP contribution < -0.4 is 10.6 Å². The standard InChI is InChI=1S/C22H24ClN5/c1-15-13-17(10-11-18(15)23)25-21-14-20(19-9-5-6-12-24-19)27-22(28-21)26-16-7-3-2-4-8-16/h5-6,9-14,16H,2-4,7-8H2,1H3,(H2,25,26,27,28). The highest BCUT2D eigenvalue weighted by Gasteiger charge is 2.16. The molecule has 0 bridgehead atoms. The van der Waals surface area contributed by atoms with Crippen LogP contribution in [-0.4, -0.2) is 21.0 Å². The van der Waals surface area contributed by atoms with Crippen LogP contribution in [0.4, 0.5) is 17.5 Å². The summed E-state index contributed by atoms with van der Waals surface area (Å²) in [6.07, 6.45) is 7.93. The molecule has 0 radical (unpaired) electrons. The molecule has 144 valence electrons. The Bertz CT molecular complexity index is 939. The van der Waals surface area contributed by atoms with Crippen LogP contribution in [0.25, 0.3) is 11.4 Å². The van der Waals surface area contributed by atoms with E-state index in [4.69, 9.17) is 21.6 Å². The lowest BCUT2D eigenvalue weighted by atomic mass is 9.96. The number of hydrogen-bond donors (Lipinski definition) is 2. The van der Waals surface area contributed by atoms with Crippen molar-refractivity contribution in [1.82, 2.24) is 15.0 Å². The Morgan fingerprint density at radius 1 is 0.964 bits per heavy atom. The monoisotopic (exact) mass is 393 g/mol. The first kappa shape index (κ1) is 18.7. The minimum Gasteiger partial charge on any atom is -0.351 e. The first-order valence-corrected chi connectivity index (χ1v) is 10.2. The van der Waals surface area contributed by atoms with Gasteiger partial charge in [0, 0.05) is 29.0 Å². The normalized spacial score (nSPS) is 14.6. The molecule has 0 amide bonds. The molecule has 5 nitrogen and oxygen atoms in total. The summed E-state index contributed by atoms with van der Waals surface area (Å²) in [6.45, 7) is 1.99. The molecular weight excluding hydrogens is 370 g/mol. The molecule has 2 aromatic heterocycles. The quantitative estimate of drug-likeness (QED) is 0.557. The summed E-state index contributed by atoms with van der Waals surface area (Å²) in [5.74, 6) is 1.37. The predicted molar refractivity (Wildman–Crippen MR) is 115 cm³/mol. The molecule has 3 aromatic rings. The summed E-state index contributed by atoms with van der Waals surface area (Å²) in [5, 5.41) is 7.66. The lowest BCUT2D eigenvalue weighted by molar-refractivity contribution is 0.461. The van der Waals surface area contributed by atoms with Crippen molar-refractivity contribution < 1.29 is 0 Å². The molecule has 1 aromatic carbocycles. The Labute approximate surface area is 170 Å². The average molecular weight is 394 g/mol. The van der Waals surface area contributed by atoms with E-state index in [2.05, 4.69) is 15.6 Å². The topological polar surface area (TPSA) is 62.7 Å². The van der Waals surface area contributed by atoms with Crippen LogP contribution in [0.15, 0.2) is 48.7 Å². The molecule has 0 spiro atoms. The molecule has 4 rings (SSSR count). The van der Waals surface area contributed by atoms with E-state index in [-0.39, 0.29) is 0 Å². The second kappa shape index (κ2) is 8.57. The van der Waals surface area contributed by atoms with E-state index in [1.807, 2.05) is 49.4 Å². The van der Waals surface area contributed by atoms with Crippen molar-refractivity contribution in [3.63, 3.8) is 0 Å². The Hall–Kier alpha value is -2.66. The number of nitrogens with one attached hydrogen (secondary N) is 2. The van der Waals surface area contributed by atoms with Gasteiger partial charge in [-0.1, -0.05) is 36.9 Å². The van der Waals surface area contributed by atoms with Gasteiger partial charge >= 0.3 is 0 Å². The van der Waals surface area contributed by atoms with E-state index in [0.717, 1.165) is 46.3 Å². The largest absolute Gasteiger partial charge is 0.351 e. The maximum atomic E-state index is 6.15. The van der Waals surface area contributed by atoms with E-state index in [1.165, 1.54) is 19.3 Å². The number of pyridine rings is 1. The molecule has 1 fully saturated rings. The number of benzene rings is 1. The fraction of sp³-hybridized carbons (Fsp3) is 0.318. The van der Waals surface area contributed by atoms with Gasteiger partial charge in [0.15, 0.2) is 0 Å². The zero-order chi connectivity index (χ0) is 19.3. The summed E-state index contributed by atoms with van der Waals surface area (Å²) < 4.78 is 0. The first-order valence-electron chi connectivity index (χ1n) is 9.77. The maximum Gasteiger partial charge on any atom is 0.225 e. The zero-order valence-electron chi connectivity index (χ0n) is 16.0. The van der Waals surface area contributed by atoms with Crippen LogP contribution in [0.5, 0.6) is 0 Å². The Balaban J connectivity index is 1.65. The maximum absolute atomic E-state index is 6.15. The Kier molecular flexibility index (Phi) is 5.72. The van der Waals surface area contributed by atoms with Crippen molar-refractivity contribution in [2.75, 3.05) is 10.6 Å². The summed E-state index contributed by atoms with van der Waals surface area (Å²) >= 11 is 6.15. The van der Waals surface area contributed by atoms with Gasteiger partial charge in [0.05, 0.1) is 11.4 Å². The van der Waals surface area contributed by atoms with Crippen LogP contribution in [0.3, 0.4) is 0 Å². The molecule has 6 heteroatoms. The minimum absolute atomic E-state index is 0.429. The van der Waals surface area contributed by atoms with Gasteiger partial charge < -0.3 is 10.6 Å². The number of halogens is 1. The van der Waals surface area contributed by atoms with Crippen LogP contribution in [0.2, 0.25) is 5.02 Å². The van der Waals surface area contributed by atoms with Crippen molar-refractivity contribution in [2.45, 2.75) is 45.1 Å². The predicted octanol–water partition coefficient (Wildman–Crippen LogP) is 5.99. The fourth-order valence-electron chi connectivity index (χ4n) is 3.52. The van der Waals surface area contributed by atoms with Gasteiger partial charge in [0.1, 0.15) is 5.82 Å². The highest BCUT2D eigenvalue weighted by atomic mass is 35.5. The number of nitrogens with zero attached hydrogens (tertiary/aromatic N) is 3. The summed E-state index contributed by atoms with van der Waals surface area (Å²) in [6, 6.07) is 14.0. The highest BCUT2D eigenvalue weighted by molar-refractivity contribution is 6.31. The van der Waals surface area contributed by atoms with Crippen LogP contribution >= 0.6 is 11.6 Å². The van der Waals surface area contributed by atoms with Gasteiger partial charge in [-0.3, -0.25) is 4.98 Å². The van der Waals surface area contributed by atoms with Crippen molar-refractivity contribution in [2.24, 2.45) is 0 Å². The molecular formula is C22H24ClN5. The minimum atomic E-state index is 0.429. The van der Waals surface area contributed by atoms with Crippen molar-refractivity contribution in [3.05, 3.63) is 59.2 Å². The van der Waals surface area contributed by atoms with Crippen LogP contribution in [-0.2, 0) is 0 Å². The summed E-state index contributed by atoms with van der Waals surface area (Å²) in [5.41, 5.74) is 3.58. The van der Waals surface area contributed by atoms with E-state index in [0.29, 0.717) is 12.0 Å². The summed E-state index contributed by atoms with van der Waals surface area (Å²) in [7, 11) is 0. The number of aromatic nitrogens is 3. The van der Waals surface area contributed by atoms with Gasteiger partial charge in [-0.2, -0.15) is 4.98 Å². The zero-order valence-corrected chi connectivity index (χ0v) is 16.7. The second-order valence-corrected chi connectivity index (χ2v) is 7.65. The number of hydrogen-bond acceptors (Lipinski definition) is 5. The van der Waals surface area contributed by atoms with Crippen LogP contribution in [0, 0.1) is 6.92 Å². The average Bonchev–Trinajstić information content (AvgIpc) is 2.72. The summed E-state index contributed by atoms with van der Waals surface area (Å²) in [4.78, 5) is 13.9. The molecule has 1 aliphatic rings. The number of rotatable bonds is 5. The number of anilines is 3. The third kappa shape index (κ3) is 4.60. The molecule has 28 heavy (non-hydrogen) atoms. The van der Waals surface area contributed by atoms with Gasteiger partial charge in [-0.15, -0.1) is 0 Å². The molecule has 0 saturated heterocycles. The van der Waals surface area contributed by atoms with Crippen molar-refractivity contribution >= 4 is 29.1 Å². The number of aryl methyl sites for hydroxylation is 1. The van der Waals surface area contributed by atoms with Gasteiger partial charge in [-0.05, 0) is 55.7 Å². The highest BCUT2D eigenvalue weighted by Crippen LogP contribution is 2.26. The molecule has 1 saturated carbocycles. The third-order valence-corrected chi connectivity index (χ3v) is 5.45. The lowest BCUT2D eigenvalue weighted by Gasteiger charge is -2.23. The molecule has 0 unspecified atom stereocenters. The van der Waals surface area contributed by atoms with Crippen molar-refractivity contribution in [3.8, 4) is 11.4 Å². The fourth-order valence-corrected chi connectivity index (χ4v) is 3.64. The molecule has 1 aliphatic carbocycles. The van der Waals surface area contributed by atoms with E-state index in [1.54, 1.807) is 6.20 Å². The lowest BCUT2D eigenvalue weighted by Crippen LogP contribution is -2.23. The van der Waals surface area contributed by atoms with Gasteiger partial charge in [-0.25, -0.2) is 4.98 Å². The second-order valence-electron chi connectivity index (χ2n) is 7.25. The van der Waals surface area contributed by atoms with Gasteiger partial charge in [0.25, 0.3) is 0 Å². The van der Waals surface area contributed by atoms with E-state index in [9.17, 15) is 0 Å². The van der Waals surface area contributed by atoms with Crippen molar-refractivity contribution in [1.29, 1.82) is 0 Å². The molecule has 0 aliphatic heterocycles. The third-order valence-electron chi connectivity index (χ3n) is 5.02. The van der Waals surface area contributed by atoms with E-state index < -0.39 is 0 Å². The van der Waals surface area contributed by atoms with E-state index >= 15 is 0 Å².